The number of hydrogen-bond acceptors (Lipinski definition) is 1. The maximum atomic E-state index is 3.76. The SMILES string of the molecule is C=C.C=C(C)CNCC(=C)C. The summed E-state index contributed by atoms with van der Waals surface area (Å²) in [5.41, 5.74) is 2.33. The van der Waals surface area contributed by atoms with E-state index in [0.717, 1.165) is 24.2 Å². The van der Waals surface area contributed by atoms with Crippen LogP contribution in [0.25, 0.3) is 0 Å². The van der Waals surface area contributed by atoms with E-state index >= 15 is 0 Å². The molecule has 0 saturated carbocycles. The molecule has 0 aliphatic carbocycles. The van der Waals surface area contributed by atoms with E-state index in [9.17, 15) is 0 Å². The minimum absolute atomic E-state index is 0.896. The zero-order valence-corrected chi connectivity index (χ0v) is 7.74. The van der Waals surface area contributed by atoms with E-state index in [2.05, 4.69) is 31.6 Å². The van der Waals surface area contributed by atoms with Gasteiger partial charge in [0.25, 0.3) is 0 Å². The average molecular weight is 153 g/mol. The molecule has 1 heteroatoms. The van der Waals surface area contributed by atoms with Crippen LogP contribution in [0, 0.1) is 0 Å². The number of nitrogens with one attached hydrogen (secondary N) is 1. The summed E-state index contributed by atoms with van der Waals surface area (Å²) in [5, 5.41) is 3.19. The van der Waals surface area contributed by atoms with Crippen LogP contribution in [-0.4, -0.2) is 13.1 Å². The fourth-order valence-corrected chi connectivity index (χ4v) is 0.489. The van der Waals surface area contributed by atoms with Gasteiger partial charge in [-0.05, 0) is 13.8 Å². The zero-order chi connectivity index (χ0) is 9.28. The van der Waals surface area contributed by atoms with Crippen LogP contribution in [0.15, 0.2) is 37.5 Å². The maximum Gasteiger partial charge on any atom is 0.0162 e. The van der Waals surface area contributed by atoms with Gasteiger partial charge >= 0.3 is 0 Å². The molecule has 0 amide bonds. The Morgan fingerprint density at radius 3 is 1.45 bits per heavy atom. The minimum atomic E-state index is 0.896. The molecule has 0 rings (SSSR count). The highest BCUT2D eigenvalue weighted by Crippen LogP contribution is 1.84. The highest BCUT2D eigenvalue weighted by Gasteiger charge is 1.85. The van der Waals surface area contributed by atoms with Crippen LogP contribution >= 0.6 is 0 Å². The summed E-state index contributed by atoms with van der Waals surface area (Å²) < 4.78 is 0. The largest absolute Gasteiger partial charge is 0.309 e. The summed E-state index contributed by atoms with van der Waals surface area (Å²) in [7, 11) is 0. The normalized spacial score (nSPS) is 7.82. The standard InChI is InChI=1S/C8H15N.C2H4/c1-7(2)5-9-6-8(3)4;1-2/h9H,1,3,5-6H2,2,4H3;1-2H2. The molecule has 1 N–H and O–H groups in total. The first kappa shape index (κ1) is 12.8. The summed E-state index contributed by atoms with van der Waals surface area (Å²) in [4.78, 5) is 0. The predicted molar refractivity (Wildman–Crippen MR) is 53.8 cm³/mol. The number of rotatable bonds is 4. The molecule has 0 bridgehead atoms. The van der Waals surface area contributed by atoms with E-state index in [-0.39, 0.29) is 0 Å². The molecule has 1 nitrogen and oxygen atoms in total. The maximum absolute atomic E-state index is 3.76. The van der Waals surface area contributed by atoms with Crippen LogP contribution < -0.4 is 5.32 Å². The van der Waals surface area contributed by atoms with Crippen LogP contribution in [0.3, 0.4) is 0 Å². The molecular formula is C10H19N. The molecule has 0 aromatic heterocycles. The van der Waals surface area contributed by atoms with E-state index in [0.29, 0.717) is 0 Å². The molecule has 0 spiro atoms. The summed E-state index contributed by atoms with van der Waals surface area (Å²) in [6.07, 6.45) is 0. The second-order valence-corrected chi connectivity index (χ2v) is 2.52. The first-order chi connectivity index (χ1) is 5.13. The van der Waals surface area contributed by atoms with Crippen molar-refractivity contribution in [1.29, 1.82) is 0 Å². The van der Waals surface area contributed by atoms with Gasteiger partial charge in [-0.3, -0.25) is 0 Å². The Morgan fingerprint density at radius 2 is 1.27 bits per heavy atom. The highest BCUT2D eigenvalue weighted by molar-refractivity contribution is 4.95. The van der Waals surface area contributed by atoms with Gasteiger partial charge in [0.1, 0.15) is 0 Å². The Kier molecular flexibility index (Phi) is 10.7. The van der Waals surface area contributed by atoms with Gasteiger partial charge in [0.2, 0.25) is 0 Å². The molecule has 0 aliphatic heterocycles. The van der Waals surface area contributed by atoms with E-state index < -0.39 is 0 Å². The fourth-order valence-electron chi connectivity index (χ4n) is 0.489. The Labute approximate surface area is 70.5 Å². The molecule has 0 saturated heterocycles. The summed E-state index contributed by atoms with van der Waals surface area (Å²) in [5.74, 6) is 0. The van der Waals surface area contributed by atoms with Crippen LogP contribution in [0.2, 0.25) is 0 Å². The highest BCUT2D eigenvalue weighted by atomic mass is 14.8. The van der Waals surface area contributed by atoms with E-state index in [1.807, 2.05) is 13.8 Å². The van der Waals surface area contributed by atoms with Crippen LogP contribution in [0.1, 0.15) is 13.8 Å². The summed E-state index contributed by atoms with van der Waals surface area (Å²) >= 11 is 0. The fraction of sp³-hybridized carbons (Fsp3) is 0.400. The van der Waals surface area contributed by atoms with Crippen LogP contribution in [-0.2, 0) is 0 Å². The Bertz CT molecular complexity index is 111. The zero-order valence-electron chi connectivity index (χ0n) is 7.74. The second kappa shape index (κ2) is 9.18. The van der Waals surface area contributed by atoms with Gasteiger partial charge in [-0.15, -0.1) is 13.2 Å². The third kappa shape index (κ3) is 17.6. The third-order valence-corrected chi connectivity index (χ3v) is 0.854. The van der Waals surface area contributed by atoms with E-state index in [4.69, 9.17) is 0 Å². The van der Waals surface area contributed by atoms with Gasteiger partial charge < -0.3 is 5.32 Å². The first-order valence-electron chi connectivity index (χ1n) is 3.62. The Hall–Kier alpha value is -0.820. The molecule has 0 heterocycles. The third-order valence-electron chi connectivity index (χ3n) is 0.854. The van der Waals surface area contributed by atoms with Gasteiger partial charge in [0.15, 0.2) is 0 Å². The van der Waals surface area contributed by atoms with Crippen molar-refractivity contribution in [2.45, 2.75) is 13.8 Å². The monoisotopic (exact) mass is 153 g/mol. The van der Waals surface area contributed by atoms with Gasteiger partial charge in [0.05, 0.1) is 0 Å². The molecule has 11 heavy (non-hydrogen) atoms. The van der Waals surface area contributed by atoms with Gasteiger partial charge in [-0.2, -0.15) is 0 Å². The second-order valence-electron chi connectivity index (χ2n) is 2.52. The van der Waals surface area contributed by atoms with Crippen LogP contribution in [0.4, 0.5) is 0 Å². The van der Waals surface area contributed by atoms with Crippen molar-refractivity contribution in [2.24, 2.45) is 0 Å². The number of hydrogen-bond donors (Lipinski definition) is 1. The van der Waals surface area contributed by atoms with Crippen molar-refractivity contribution in [3.8, 4) is 0 Å². The molecule has 0 radical (unpaired) electrons. The van der Waals surface area contributed by atoms with Crippen molar-refractivity contribution >= 4 is 0 Å². The molecule has 0 aromatic carbocycles. The Morgan fingerprint density at radius 1 is 1.00 bits per heavy atom. The van der Waals surface area contributed by atoms with Gasteiger partial charge in [0, 0.05) is 13.1 Å². The van der Waals surface area contributed by atoms with Crippen molar-refractivity contribution in [3.63, 3.8) is 0 Å². The predicted octanol–water partition coefficient (Wildman–Crippen LogP) is 2.53. The smallest absolute Gasteiger partial charge is 0.0162 e. The molecular weight excluding hydrogens is 134 g/mol. The lowest BCUT2D eigenvalue weighted by Crippen LogP contribution is -2.17. The van der Waals surface area contributed by atoms with Gasteiger partial charge in [-0.1, -0.05) is 24.3 Å². The summed E-state index contributed by atoms with van der Waals surface area (Å²) in [6.45, 7) is 19.3. The van der Waals surface area contributed by atoms with Crippen molar-refractivity contribution in [3.05, 3.63) is 37.5 Å². The lowest BCUT2D eigenvalue weighted by molar-refractivity contribution is 0.793. The molecule has 0 aliphatic rings. The quantitative estimate of drug-likeness (QED) is 0.612. The Balaban J connectivity index is 0. The molecule has 0 aromatic rings. The lowest BCUT2D eigenvalue weighted by Gasteiger charge is -2.01. The van der Waals surface area contributed by atoms with Crippen molar-refractivity contribution in [2.75, 3.05) is 13.1 Å². The topological polar surface area (TPSA) is 12.0 Å². The minimum Gasteiger partial charge on any atom is -0.309 e. The summed E-state index contributed by atoms with van der Waals surface area (Å²) in [6, 6.07) is 0. The van der Waals surface area contributed by atoms with Crippen molar-refractivity contribution < 1.29 is 0 Å². The molecule has 0 fully saturated rings. The van der Waals surface area contributed by atoms with E-state index in [1.165, 1.54) is 0 Å². The molecule has 0 unspecified atom stereocenters. The molecule has 64 valence electrons. The van der Waals surface area contributed by atoms with Gasteiger partial charge in [-0.25, -0.2) is 0 Å². The van der Waals surface area contributed by atoms with Crippen molar-refractivity contribution in [1.82, 2.24) is 5.32 Å². The first-order valence-corrected chi connectivity index (χ1v) is 3.62. The molecule has 0 atom stereocenters. The van der Waals surface area contributed by atoms with E-state index in [1.54, 1.807) is 0 Å². The average Bonchev–Trinajstić information content (AvgIpc) is 1.90. The lowest BCUT2D eigenvalue weighted by atomic mass is 10.3. The van der Waals surface area contributed by atoms with Crippen LogP contribution in [0.5, 0.6) is 0 Å².